The van der Waals surface area contributed by atoms with Crippen LogP contribution in [0.25, 0.3) is 0 Å². The number of amides is 1. The van der Waals surface area contributed by atoms with Crippen molar-refractivity contribution in [3.63, 3.8) is 0 Å². The monoisotopic (exact) mass is 315 g/mol. The molecule has 6 heteroatoms. The van der Waals surface area contributed by atoms with E-state index in [0.717, 1.165) is 12.8 Å². The predicted octanol–water partition coefficient (Wildman–Crippen LogP) is 3.16. The van der Waals surface area contributed by atoms with Crippen LogP contribution in [0.3, 0.4) is 0 Å². The SMILES string of the molecule is COC(=O)[C@H]1CCCCN1C(=O)c1ccc(Cl)c(Cl)c1. The fourth-order valence-corrected chi connectivity index (χ4v) is 2.65. The van der Waals surface area contributed by atoms with E-state index in [1.807, 2.05) is 0 Å². The van der Waals surface area contributed by atoms with Crippen molar-refractivity contribution in [1.82, 2.24) is 4.90 Å². The summed E-state index contributed by atoms with van der Waals surface area (Å²) in [6.45, 7) is 0.541. The Morgan fingerprint density at radius 3 is 2.65 bits per heavy atom. The Balaban J connectivity index is 2.25. The lowest BCUT2D eigenvalue weighted by Crippen LogP contribution is -2.48. The van der Waals surface area contributed by atoms with Crippen molar-refractivity contribution in [2.45, 2.75) is 25.3 Å². The molecule has 1 saturated heterocycles. The van der Waals surface area contributed by atoms with Gasteiger partial charge in [-0.05, 0) is 37.5 Å². The van der Waals surface area contributed by atoms with Gasteiger partial charge in [0, 0.05) is 12.1 Å². The third kappa shape index (κ3) is 3.07. The molecule has 4 nitrogen and oxygen atoms in total. The molecular formula is C14H15Cl2NO3. The normalized spacial score (nSPS) is 18.8. The molecule has 0 spiro atoms. The van der Waals surface area contributed by atoms with Crippen molar-refractivity contribution in [1.29, 1.82) is 0 Å². The zero-order valence-electron chi connectivity index (χ0n) is 11.1. The number of hydrogen-bond donors (Lipinski definition) is 0. The Hall–Kier alpha value is -1.26. The number of benzene rings is 1. The molecular weight excluding hydrogens is 301 g/mol. The fourth-order valence-electron chi connectivity index (χ4n) is 2.35. The third-order valence-corrected chi connectivity index (χ3v) is 4.14. The summed E-state index contributed by atoms with van der Waals surface area (Å²) in [6, 6.07) is 4.19. The van der Waals surface area contributed by atoms with Crippen LogP contribution in [0.2, 0.25) is 10.0 Å². The molecule has 0 unspecified atom stereocenters. The molecule has 1 aliphatic heterocycles. The molecule has 1 aliphatic rings. The van der Waals surface area contributed by atoms with Crippen LogP contribution in [-0.4, -0.2) is 36.5 Å². The van der Waals surface area contributed by atoms with Crippen molar-refractivity contribution in [2.24, 2.45) is 0 Å². The molecule has 0 radical (unpaired) electrons. The van der Waals surface area contributed by atoms with Crippen LogP contribution in [0.15, 0.2) is 18.2 Å². The Kier molecular flexibility index (Phi) is 4.89. The van der Waals surface area contributed by atoms with Gasteiger partial charge in [-0.15, -0.1) is 0 Å². The van der Waals surface area contributed by atoms with E-state index in [-0.39, 0.29) is 11.9 Å². The Morgan fingerprint density at radius 2 is 2.00 bits per heavy atom. The second-order valence-electron chi connectivity index (χ2n) is 4.66. The number of ether oxygens (including phenoxy) is 1. The summed E-state index contributed by atoms with van der Waals surface area (Å²) in [5.41, 5.74) is 0.426. The first-order valence-corrected chi connectivity index (χ1v) is 7.14. The molecule has 1 amide bonds. The van der Waals surface area contributed by atoms with Crippen LogP contribution in [0.5, 0.6) is 0 Å². The van der Waals surface area contributed by atoms with Crippen molar-refractivity contribution in [3.05, 3.63) is 33.8 Å². The van der Waals surface area contributed by atoms with Crippen LogP contribution in [0.4, 0.5) is 0 Å². The molecule has 1 atom stereocenters. The molecule has 2 rings (SSSR count). The van der Waals surface area contributed by atoms with Crippen LogP contribution in [0.1, 0.15) is 29.6 Å². The molecule has 1 fully saturated rings. The topological polar surface area (TPSA) is 46.6 Å². The van der Waals surface area contributed by atoms with E-state index < -0.39 is 6.04 Å². The summed E-state index contributed by atoms with van der Waals surface area (Å²) in [4.78, 5) is 25.8. The van der Waals surface area contributed by atoms with Gasteiger partial charge >= 0.3 is 5.97 Å². The minimum Gasteiger partial charge on any atom is -0.467 e. The van der Waals surface area contributed by atoms with Gasteiger partial charge < -0.3 is 9.64 Å². The van der Waals surface area contributed by atoms with Crippen LogP contribution in [0, 0.1) is 0 Å². The van der Waals surface area contributed by atoms with Gasteiger partial charge in [0.25, 0.3) is 5.91 Å². The third-order valence-electron chi connectivity index (χ3n) is 3.40. The van der Waals surface area contributed by atoms with E-state index in [9.17, 15) is 9.59 Å². The quantitative estimate of drug-likeness (QED) is 0.787. The number of carbonyl (C=O) groups excluding carboxylic acids is 2. The molecule has 1 aromatic carbocycles. The summed E-state index contributed by atoms with van der Waals surface area (Å²) in [6.07, 6.45) is 2.41. The highest BCUT2D eigenvalue weighted by atomic mass is 35.5. The van der Waals surface area contributed by atoms with Gasteiger partial charge in [0.1, 0.15) is 6.04 Å². The number of likely N-dealkylation sites (tertiary alicyclic amines) is 1. The molecule has 1 aromatic rings. The smallest absolute Gasteiger partial charge is 0.328 e. The fraction of sp³-hybridized carbons (Fsp3) is 0.429. The summed E-state index contributed by atoms with van der Waals surface area (Å²) >= 11 is 11.8. The number of esters is 1. The number of nitrogens with zero attached hydrogens (tertiary/aromatic N) is 1. The van der Waals surface area contributed by atoms with E-state index >= 15 is 0 Å². The highest BCUT2D eigenvalue weighted by Crippen LogP contribution is 2.25. The molecule has 0 bridgehead atoms. The highest BCUT2D eigenvalue weighted by molar-refractivity contribution is 6.42. The van der Waals surface area contributed by atoms with E-state index in [2.05, 4.69) is 0 Å². The van der Waals surface area contributed by atoms with Crippen molar-refractivity contribution in [3.8, 4) is 0 Å². The van der Waals surface area contributed by atoms with Gasteiger partial charge in [-0.3, -0.25) is 4.79 Å². The molecule has 20 heavy (non-hydrogen) atoms. The maximum absolute atomic E-state index is 12.5. The van der Waals surface area contributed by atoms with Gasteiger partial charge in [-0.2, -0.15) is 0 Å². The summed E-state index contributed by atoms with van der Waals surface area (Å²) in [5, 5.41) is 0.718. The largest absolute Gasteiger partial charge is 0.467 e. The average Bonchev–Trinajstić information content (AvgIpc) is 2.48. The number of halogens is 2. The number of rotatable bonds is 2. The highest BCUT2D eigenvalue weighted by Gasteiger charge is 2.33. The van der Waals surface area contributed by atoms with E-state index in [0.29, 0.717) is 28.6 Å². The zero-order chi connectivity index (χ0) is 14.7. The van der Waals surface area contributed by atoms with E-state index in [1.165, 1.54) is 13.2 Å². The zero-order valence-corrected chi connectivity index (χ0v) is 12.6. The number of methoxy groups -OCH3 is 1. The van der Waals surface area contributed by atoms with Crippen LogP contribution < -0.4 is 0 Å². The van der Waals surface area contributed by atoms with E-state index in [4.69, 9.17) is 27.9 Å². The Morgan fingerprint density at radius 1 is 1.25 bits per heavy atom. The van der Waals surface area contributed by atoms with E-state index in [1.54, 1.807) is 17.0 Å². The number of piperidine rings is 1. The lowest BCUT2D eigenvalue weighted by molar-refractivity contribution is -0.147. The van der Waals surface area contributed by atoms with Crippen LogP contribution in [-0.2, 0) is 9.53 Å². The molecule has 0 aromatic heterocycles. The molecule has 108 valence electrons. The summed E-state index contributed by atoms with van der Waals surface area (Å²) in [7, 11) is 1.33. The maximum atomic E-state index is 12.5. The van der Waals surface area contributed by atoms with Gasteiger partial charge in [0.2, 0.25) is 0 Å². The first-order valence-electron chi connectivity index (χ1n) is 6.38. The van der Waals surface area contributed by atoms with Gasteiger partial charge in [-0.1, -0.05) is 23.2 Å². The lowest BCUT2D eigenvalue weighted by Gasteiger charge is -2.33. The van der Waals surface area contributed by atoms with Gasteiger partial charge in [0.15, 0.2) is 0 Å². The molecule has 0 aliphatic carbocycles. The second kappa shape index (κ2) is 6.46. The Bertz CT molecular complexity index is 533. The first kappa shape index (κ1) is 15.1. The van der Waals surface area contributed by atoms with Gasteiger partial charge in [-0.25, -0.2) is 4.79 Å². The van der Waals surface area contributed by atoms with Crippen molar-refractivity contribution in [2.75, 3.05) is 13.7 Å². The minimum atomic E-state index is -0.518. The van der Waals surface area contributed by atoms with Gasteiger partial charge in [0.05, 0.1) is 17.2 Å². The number of hydrogen-bond acceptors (Lipinski definition) is 3. The standard InChI is InChI=1S/C14H15Cl2NO3/c1-20-14(19)12-4-2-3-7-17(12)13(18)9-5-6-10(15)11(16)8-9/h5-6,8,12H,2-4,7H2,1H3/t12-/m1/s1. The molecule has 0 N–H and O–H groups in total. The lowest BCUT2D eigenvalue weighted by atomic mass is 10.0. The second-order valence-corrected chi connectivity index (χ2v) is 5.48. The predicted molar refractivity (Wildman–Crippen MR) is 77.2 cm³/mol. The maximum Gasteiger partial charge on any atom is 0.328 e. The summed E-state index contributed by atoms with van der Waals surface area (Å²) < 4.78 is 4.77. The Labute approximate surface area is 127 Å². The van der Waals surface area contributed by atoms with Crippen molar-refractivity contribution >= 4 is 35.1 Å². The first-order chi connectivity index (χ1) is 9.54. The number of carbonyl (C=O) groups is 2. The average molecular weight is 316 g/mol. The molecule has 0 saturated carbocycles. The molecule has 1 heterocycles. The van der Waals surface area contributed by atoms with Crippen molar-refractivity contribution < 1.29 is 14.3 Å². The van der Waals surface area contributed by atoms with Crippen LogP contribution >= 0.6 is 23.2 Å². The summed E-state index contributed by atoms with van der Waals surface area (Å²) in [5.74, 6) is -0.600. The minimum absolute atomic E-state index is 0.223.